The maximum atomic E-state index is 11.9. The highest BCUT2D eigenvalue weighted by atomic mass is 16.6. The summed E-state index contributed by atoms with van der Waals surface area (Å²) in [7, 11) is 0. The molecule has 0 aromatic carbocycles. The molecule has 0 aromatic rings. The van der Waals surface area contributed by atoms with Crippen molar-refractivity contribution < 1.29 is 9.53 Å². The van der Waals surface area contributed by atoms with Crippen LogP contribution in [0.1, 0.15) is 40.0 Å². The van der Waals surface area contributed by atoms with Crippen molar-refractivity contribution in [3.05, 3.63) is 0 Å². The first-order valence-electron chi connectivity index (χ1n) is 6.63. The lowest BCUT2D eigenvalue weighted by atomic mass is 9.88. The van der Waals surface area contributed by atoms with Crippen LogP contribution in [-0.2, 0) is 4.74 Å². The van der Waals surface area contributed by atoms with Gasteiger partial charge in [-0.05, 0) is 46.0 Å². The number of ether oxygens (including phenoxy) is 1. The summed E-state index contributed by atoms with van der Waals surface area (Å²) in [5.41, 5.74) is -0.472. The van der Waals surface area contributed by atoms with Crippen LogP contribution < -0.4 is 0 Å². The Morgan fingerprint density at radius 1 is 1.32 bits per heavy atom. The van der Waals surface area contributed by atoms with E-state index < -0.39 is 11.5 Å². The van der Waals surface area contributed by atoms with Crippen LogP contribution in [0.15, 0.2) is 0 Å². The van der Waals surface area contributed by atoms with Crippen LogP contribution in [0.25, 0.3) is 0 Å². The van der Waals surface area contributed by atoms with Crippen LogP contribution in [0.5, 0.6) is 0 Å². The normalized spacial score (nSPS) is 16.8. The molecule has 104 valence electrons. The van der Waals surface area contributed by atoms with E-state index in [1.54, 1.807) is 4.90 Å². The van der Waals surface area contributed by atoms with Gasteiger partial charge in [0.2, 0.25) is 0 Å². The Morgan fingerprint density at radius 3 is 2.26 bits per heavy atom. The molecule has 1 aliphatic rings. The molecule has 5 heteroatoms. The van der Waals surface area contributed by atoms with Gasteiger partial charge in [-0.25, -0.2) is 4.79 Å². The first-order chi connectivity index (χ1) is 8.85. The molecule has 0 N–H and O–H groups in total. The van der Waals surface area contributed by atoms with E-state index in [9.17, 15) is 4.79 Å². The molecule has 1 rings (SSSR count). The van der Waals surface area contributed by atoms with Crippen LogP contribution in [0.4, 0.5) is 4.79 Å². The summed E-state index contributed by atoms with van der Waals surface area (Å²) in [5, 5.41) is 17.5. The lowest BCUT2D eigenvalue weighted by Gasteiger charge is -2.33. The Labute approximate surface area is 114 Å². The third kappa shape index (κ3) is 5.18. The van der Waals surface area contributed by atoms with Crippen molar-refractivity contribution in [2.24, 2.45) is 11.8 Å². The topological polar surface area (TPSA) is 77.1 Å². The van der Waals surface area contributed by atoms with Crippen molar-refractivity contribution in [3.8, 4) is 12.1 Å². The van der Waals surface area contributed by atoms with E-state index in [0.717, 1.165) is 12.8 Å². The van der Waals surface area contributed by atoms with E-state index in [4.69, 9.17) is 15.3 Å². The number of likely N-dealkylation sites (tertiary alicyclic amines) is 1. The van der Waals surface area contributed by atoms with Gasteiger partial charge in [0.25, 0.3) is 0 Å². The first kappa shape index (κ1) is 15.3. The number of carbonyl (C=O) groups excluding carboxylic acids is 1. The second kappa shape index (κ2) is 6.43. The number of piperidine rings is 1. The fourth-order valence-electron chi connectivity index (χ4n) is 2.15. The van der Waals surface area contributed by atoms with Gasteiger partial charge in [-0.2, -0.15) is 10.5 Å². The minimum Gasteiger partial charge on any atom is -0.444 e. The highest BCUT2D eigenvalue weighted by Gasteiger charge is 2.27. The van der Waals surface area contributed by atoms with E-state index in [1.165, 1.54) is 0 Å². The quantitative estimate of drug-likeness (QED) is 0.767. The maximum absolute atomic E-state index is 11.9. The van der Waals surface area contributed by atoms with E-state index in [0.29, 0.717) is 25.4 Å². The summed E-state index contributed by atoms with van der Waals surface area (Å²) in [6.07, 6.45) is 2.00. The van der Waals surface area contributed by atoms with E-state index in [2.05, 4.69) is 0 Å². The fraction of sp³-hybridized carbons (Fsp3) is 0.786. The van der Waals surface area contributed by atoms with E-state index in [1.807, 2.05) is 32.9 Å². The molecule has 0 radical (unpaired) electrons. The number of rotatable bonds is 2. The SMILES string of the molecule is CC(C)(C)OC(=O)N1CCC(CC(C#N)C#N)CC1. The zero-order valence-corrected chi connectivity index (χ0v) is 11.8. The Morgan fingerprint density at radius 2 is 1.84 bits per heavy atom. The highest BCUT2D eigenvalue weighted by molar-refractivity contribution is 5.68. The van der Waals surface area contributed by atoms with Gasteiger partial charge < -0.3 is 9.64 Å². The lowest BCUT2D eigenvalue weighted by molar-refractivity contribution is 0.0179. The molecule has 1 saturated heterocycles. The smallest absolute Gasteiger partial charge is 0.410 e. The molecule has 0 unspecified atom stereocenters. The zero-order chi connectivity index (χ0) is 14.5. The van der Waals surface area contributed by atoms with Crippen LogP contribution in [-0.4, -0.2) is 29.7 Å². The first-order valence-corrected chi connectivity index (χ1v) is 6.63. The van der Waals surface area contributed by atoms with Crippen LogP contribution >= 0.6 is 0 Å². The second-order valence-corrected chi connectivity index (χ2v) is 5.96. The monoisotopic (exact) mass is 263 g/mol. The molecule has 0 aliphatic carbocycles. The van der Waals surface area contributed by atoms with Crippen molar-refractivity contribution >= 4 is 6.09 Å². The summed E-state index contributed by atoms with van der Waals surface area (Å²) in [5.74, 6) is -0.180. The molecule has 1 fully saturated rings. The number of hydrogen-bond acceptors (Lipinski definition) is 4. The molecule has 19 heavy (non-hydrogen) atoms. The van der Waals surface area contributed by atoms with Crippen molar-refractivity contribution in [2.45, 2.75) is 45.6 Å². The molecule has 1 aliphatic heterocycles. The van der Waals surface area contributed by atoms with Crippen molar-refractivity contribution in [3.63, 3.8) is 0 Å². The Bertz CT molecular complexity index is 378. The van der Waals surface area contributed by atoms with Crippen molar-refractivity contribution in [2.75, 3.05) is 13.1 Å². The number of nitriles is 2. The van der Waals surface area contributed by atoms with Gasteiger partial charge in [0.05, 0.1) is 12.1 Å². The molecule has 0 atom stereocenters. The van der Waals surface area contributed by atoms with E-state index >= 15 is 0 Å². The standard InChI is InChI=1S/C14H21N3O2/c1-14(2,3)19-13(18)17-6-4-11(5-7-17)8-12(9-15)10-16/h11-12H,4-8H2,1-3H3. The third-order valence-electron chi connectivity index (χ3n) is 3.15. The van der Waals surface area contributed by atoms with Gasteiger partial charge in [-0.15, -0.1) is 0 Å². The number of hydrogen-bond donors (Lipinski definition) is 0. The molecule has 1 amide bonds. The van der Waals surface area contributed by atoms with Gasteiger partial charge in [-0.3, -0.25) is 0 Å². The minimum atomic E-state index is -0.530. The average molecular weight is 263 g/mol. The van der Waals surface area contributed by atoms with Crippen LogP contribution in [0, 0.1) is 34.5 Å². The van der Waals surface area contributed by atoms with Crippen LogP contribution in [0.3, 0.4) is 0 Å². The van der Waals surface area contributed by atoms with Gasteiger partial charge in [0.1, 0.15) is 11.5 Å². The Hall–Kier alpha value is -1.75. The summed E-state index contributed by atoms with van der Waals surface area (Å²) >= 11 is 0. The summed E-state index contributed by atoms with van der Waals surface area (Å²) in [6, 6.07) is 4.00. The van der Waals surface area contributed by atoms with Crippen molar-refractivity contribution in [1.29, 1.82) is 10.5 Å². The summed E-state index contributed by atoms with van der Waals surface area (Å²) in [4.78, 5) is 13.6. The predicted octanol–water partition coefficient (Wildman–Crippen LogP) is 2.69. The number of carbonyl (C=O) groups is 1. The molecule has 0 saturated carbocycles. The van der Waals surface area contributed by atoms with Crippen molar-refractivity contribution in [1.82, 2.24) is 4.90 Å². The fourth-order valence-corrected chi connectivity index (χ4v) is 2.15. The molecular weight excluding hydrogens is 242 g/mol. The molecule has 5 nitrogen and oxygen atoms in total. The lowest BCUT2D eigenvalue weighted by Crippen LogP contribution is -2.41. The van der Waals surface area contributed by atoms with Gasteiger partial charge in [-0.1, -0.05) is 0 Å². The Balaban J connectivity index is 2.39. The second-order valence-electron chi connectivity index (χ2n) is 5.96. The third-order valence-corrected chi connectivity index (χ3v) is 3.15. The molecule has 1 heterocycles. The minimum absolute atomic E-state index is 0.275. The van der Waals surface area contributed by atoms with Gasteiger partial charge in [0.15, 0.2) is 0 Å². The van der Waals surface area contributed by atoms with Gasteiger partial charge in [0, 0.05) is 13.1 Å². The Kier molecular flexibility index (Phi) is 5.18. The molecule has 0 aromatic heterocycles. The summed E-state index contributed by atoms with van der Waals surface area (Å²) < 4.78 is 5.32. The largest absolute Gasteiger partial charge is 0.444 e. The highest BCUT2D eigenvalue weighted by Crippen LogP contribution is 2.25. The maximum Gasteiger partial charge on any atom is 0.410 e. The molecule has 0 spiro atoms. The van der Waals surface area contributed by atoms with Gasteiger partial charge >= 0.3 is 6.09 Å². The molecular formula is C14H21N3O2. The summed E-state index contributed by atoms with van der Waals surface area (Å²) in [6.45, 7) is 6.83. The molecule has 0 bridgehead atoms. The van der Waals surface area contributed by atoms with Crippen LogP contribution in [0.2, 0.25) is 0 Å². The predicted molar refractivity (Wildman–Crippen MR) is 69.9 cm³/mol. The number of amides is 1. The average Bonchev–Trinajstić information content (AvgIpc) is 2.34. The zero-order valence-electron chi connectivity index (χ0n) is 11.8. The number of nitrogens with zero attached hydrogens (tertiary/aromatic N) is 3. The van der Waals surface area contributed by atoms with E-state index in [-0.39, 0.29) is 6.09 Å².